The van der Waals surface area contributed by atoms with Gasteiger partial charge in [-0.05, 0) is 127 Å². The van der Waals surface area contributed by atoms with E-state index in [0.717, 1.165) is 69.5 Å². The van der Waals surface area contributed by atoms with Crippen molar-refractivity contribution in [2.75, 3.05) is 61.6 Å². The fourth-order valence-corrected chi connectivity index (χ4v) is 10.8. The molecule has 1 amide bonds. The van der Waals surface area contributed by atoms with E-state index in [-0.39, 0.29) is 41.7 Å². The van der Waals surface area contributed by atoms with E-state index in [0.29, 0.717) is 48.7 Å². The molecule has 0 atom stereocenters. The second-order valence-electron chi connectivity index (χ2n) is 19.7. The average molecular weight is 943 g/mol. The second kappa shape index (κ2) is 20.1. The third kappa shape index (κ3) is 11.3. The predicted molar refractivity (Wildman–Crippen MR) is 262 cm³/mol. The molecule has 1 aromatic heterocycles. The van der Waals surface area contributed by atoms with Gasteiger partial charge in [0.2, 0.25) is 15.8 Å². The molecule has 2 fully saturated rings. The first-order chi connectivity index (χ1) is 32.5. The highest BCUT2D eigenvalue weighted by Crippen LogP contribution is 2.42. The number of rotatable bonds is 16. The first-order valence-electron chi connectivity index (χ1n) is 23.2. The Hall–Kier alpha value is -6.29. The number of quaternary nitrogens is 1. The van der Waals surface area contributed by atoms with Crippen LogP contribution in [0.5, 0.6) is 17.2 Å². The molecule has 15 heteroatoms. The molecule has 0 spiro atoms. The molecule has 6 aromatic rings. The molecule has 2 aliphatic rings. The number of hydrogen-bond acceptors (Lipinski definition) is 10. The van der Waals surface area contributed by atoms with Crippen molar-refractivity contribution in [2.24, 2.45) is 5.92 Å². The number of sulfonamides is 1. The lowest BCUT2D eigenvalue weighted by atomic mass is 9.87. The summed E-state index contributed by atoms with van der Waals surface area (Å²) in [5, 5.41) is 14.2. The molecule has 3 heterocycles. The minimum absolute atomic E-state index is 0.0878. The molecule has 2 aliphatic heterocycles. The quantitative estimate of drug-likeness (QED) is 0.0866. The number of benzene rings is 5. The maximum Gasteiger partial charge on any atom is 0.410 e. The van der Waals surface area contributed by atoms with E-state index in [1.807, 2.05) is 118 Å². The summed E-state index contributed by atoms with van der Waals surface area (Å²) < 4.78 is 56.8. The maximum atomic E-state index is 16.2. The van der Waals surface area contributed by atoms with Crippen LogP contribution >= 0.6 is 0 Å². The van der Waals surface area contributed by atoms with Gasteiger partial charge in [-0.3, -0.25) is 0 Å². The minimum atomic E-state index is -4.36. The van der Waals surface area contributed by atoms with Crippen molar-refractivity contribution < 1.29 is 36.6 Å². The van der Waals surface area contributed by atoms with E-state index in [1.165, 1.54) is 4.80 Å². The van der Waals surface area contributed by atoms with E-state index in [9.17, 15) is 4.79 Å². The van der Waals surface area contributed by atoms with Gasteiger partial charge in [-0.2, -0.15) is 9.10 Å². The lowest BCUT2D eigenvalue weighted by molar-refractivity contribution is -0.896. The Morgan fingerprint density at radius 3 is 1.78 bits per heavy atom. The van der Waals surface area contributed by atoms with Crippen LogP contribution in [0, 0.1) is 5.92 Å². The number of carbonyl (C=O) groups excluding carboxylic acids is 1. The van der Waals surface area contributed by atoms with E-state index in [2.05, 4.69) is 36.5 Å². The Labute approximate surface area is 401 Å². The minimum Gasteiger partial charge on any atom is -0.497 e. The summed E-state index contributed by atoms with van der Waals surface area (Å²) in [6.45, 7) is 9.18. The molecule has 2 saturated heterocycles. The van der Waals surface area contributed by atoms with Crippen LogP contribution in [0.2, 0.25) is 0 Å². The van der Waals surface area contributed by atoms with Crippen LogP contribution in [-0.4, -0.2) is 116 Å². The van der Waals surface area contributed by atoms with Gasteiger partial charge in [0.15, 0.2) is 0 Å². The molecule has 0 radical (unpaired) electrons. The van der Waals surface area contributed by atoms with E-state index in [4.69, 9.17) is 24.0 Å². The normalized spacial score (nSPS) is 15.5. The summed E-state index contributed by atoms with van der Waals surface area (Å²) in [5.74, 6) is 2.70. The van der Waals surface area contributed by atoms with E-state index < -0.39 is 15.6 Å². The third-order valence-corrected chi connectivity index (χ3v) is 15.0. The van der Waals surface area contributed by atoms with Crippen molar-refractivity contribution in [3.63, 3.8) is 0 Å². The lowest BCUT2D eigenvalue weighted by Gasteiger charge is -2.40. The molecule has 358 valence electrons. The van der Waals surface area contributed by atoms with Crippen LogP contribution in [0.1, 0.15) is 67.3 Å². The van der Waals surface area contributed by atoms with Crippen molar-refractivity contribution in [3.8, 4) is 39.8 Å². The Balaban J connectivity index is 1.26. The van der Waals surface area contributed by atoms with Crippen LogP contribution in [0.15, 0.2) is 114 Å². The van der Waals surface area contributed by atoms with Gasteiger partial charge in [0.1, 0.15) is 22.8 Å². The van der Waals surface area contributed by atoms with Gasteiger partial charge >= 0.3 is 6.09 Å². The molecule has 68 heavy (non-hydrogen) atoms. The highest BCUT2D eigenvalue weighted by molar-refractivity contribution is 7.89. The molecule has 14 nitrogen and oxygen atoms in total. The second-order valence-corrected chi connectivity index (χ2v) is 21.5. The number of piperidine rings is 1. The van der Waals surface area contributed by atoms with Crippen LogP contribution < -0.4 is 14.2 Å². The largest absolute Gasteiger partial charge is 0.497 e. The Morgan fingerprint density at radius 1 is 0.735 bits per heavy atom. The molecule has 0 N–H and O–H groups in total. The van der Waals surface area contributed by atoms with Gasteiger partial charge in [-0.25, -0.2) is 13.2 Å². The monoisotopic (exact) mass is 942 g/mol. The van der Waals surface area contributed by atoms with Gasteiger partial charge in [-0.1, -0.05) is 72.8 Å². The van der Waals surface area contributed by atoms with Crippen LogP contribution in [0.3, 0.4) is 0 Å². The van der Waals surface area contributed by atoms with E-state index >= 15 is 8.42 Å². The van der Waals surface area contributed by atoms with Crippen molar-refractivity contribution in [1.29, 1.82) is 0 Å². The first-order valence-corrected chi connectivity index (χ1v) is 24.7. The first kappa shape index (κ1) is 48.2. The van der Waals surface area contributed by atoms with Gasteiger partial charge in [0.05, 0.1) is 65.5 Å². The molecule has 8 rings (SSSR count). The summed E-state index contributed by atoms with van der Waals surface area (Å²) >= 11 is 0. The number of amides is 1. The van der Waals surface area contributed by atoms with Crippen LogP contribution in [0.4, 0.5) is 4.79 Å². The highest BCUT2D eigenvalue weighted by atomic mass is 32.2. The molecular formula is C53H64N7O7S+. The van der Waals surface area contributed by atoms with Crippen molar-refractivity contribution in [2.45, 2.75) is 76.1 Å². The van der Waals surface area contributed by atoms with Gasteiger partial charge < -0.3 is 28.3 Å². The zero-order valence-corrected chi connectivity index (χ0v) is 41.3. The number of ether oxygens (including phenoxy) is 4. The van der Waals surface area contributed by atoms with Gasteiger partial charge in [0, 0.05) is 32.1 Å². The zero-order valence-electron chi connectivity index (χ0n) is 40.5. The number of aromatic nitrogens is 4. The number of methoxy groups -OCH3 is 3. The molecule has 0 saturated carbocycles. The topological polar surface area (TPSA) is 138 Å². The van der Waals surface area contributed by atoms with Crippen molar-refractivity contribution in [1.82, 2.24) is 29.4 Å². The number of tetrazole rings is 1. The van der Waals surface area contributed by atoms with Crippen LogP contribution in [0.25, 0.3) is 22.5 Å². The summed E-state index contributed by atoms with van der Waals surface area (Å²) in [6, 6.07) is 34.9. The number of hydrogen-bond donors (Lipinski definition) is 0. The predicted octanol–water partition coefficient (Wildman–Crippen LogP) is 8.84. The number of nitrogens with zero attached hydrogens (tertiary/aromatic N) is 7. The fourth-order valence-electron chi connectivity index (χ4n) is 9.01. The molecule has 0 bridgehead atoms. The molecule has 5 aromatic carbocycles. The standard InChI is InChI=1S/C53H64N7O7S/c1-53(2,3)67-52(61)57-35-44(36-57)41-15-17-42(18-16-41)48-26-19-43(31-37-27-29-60(4,5)30-28-37)50(49(48)51-54-56-59(55-51)34-40-13-24-47(66-8)25-14-40)68(62,63)58(32-38-9-20-45(64-6)21-10-38)33-39-11-22-46(65-7)23-12-39/h9-26,37,44H,27-36H2,1-8H3/q+1. The summed E-state index contributed by atoms with van der Waals surface area (Å²) in [5.41, 5.74) is 5.62. The Morgan fingerprint density at radius 2 is 1.26 bits per heavy atom. The SMILES string of the molecule is COc1ccc(CN(Cc2ccc(OC)cc2)S(=O)(=O)c2c(CC3CC[N+](C)(C)CC3)ccc(-c3ccc(C4CN(C(=O)OC(C)(C)C)C4)cc3)c2-c2nnn(Cc3ccc(OC)cc3)n2)cc1. The van der Waals surface area contributed by atoms with Crippen molar-refractivity contribution >= 4 is 16.1 Å². The van der Waals surface area contributed by atoms with Gasteiger partial charge in [0.25, 0.3) is 0 Å². The van der Waals surface area contributed by atoms with Gasteiger partial charge in [-0.15, -0.1) is 10.2 Å². The van der Waals surface area contributed by atoms with Crippen molar-refractivity contribution in [3.05, 3.63) is 137 Å². The molecular weight excluding hydrogens is 879 g/mol. The molecule has 0 aliphatic carbocycles. The summed E-state index contributed by atoms with van der Waals surface area (Å²) in [7, 11) is 5.00. The fraction of sp³-hybridized carbons (Fsp3) is 0.396. The van der Waals surface area contributed by atoms with E-state index in [1.54, 1.807) is 30.5 Å². The third-order valence-electron chi connectivity index (χ3n) is 13.1. The average Bonchev–Trinajstić information content (AvgIpc) is 3.77. The Kier molecular flexibility index (Phi) is 14.3. The highest BCUT2D eigenvalue weighted by Gasteiger charge is 2.37. The molecule has 0 unspecified atom stereocenters. The lowest BCUT2D eigenvalue weighted by Crippen LogP contribution is -2.50. The Bertz CT molecular complexity index is 2720. The smallest absolute Gasteiger partial charge is 0.410 e. The number of likely N-dealkylation sites (tertiary alicyclic amines) is 2. The zero-order chi connectivity index (χ0) is 48.2. The number of carbonyl (C=O) groups is 1. The van der Waals surface area contributed by atoms with Crippen LogP contribution in [-0.2, 0) is 40.8 Å². The summed E-state index contributed by atoms with van der Waals surface area (Å²) in [6.07, 6.45) is 2.18. The summed E-state index contributed by atoms with van der Waals surface area (Å²) in [4.78, 5) is 16.2. The maximum absolute atomic E-state index is 16.2.